The summed E-state index contributed by atoms with van der Waals surface area (Å²) in [5.74, 6) is 1.81. The van der Waals surface area contributed by atoms with Crippen molar-refractivity contribution in [3.63, 3.8) is 0 Å². The average Bonchev–Trinajstić information content (AvgIpc) is 3.26. The van der Waals surface area contributed by atoms with Gasteiger partial charge in [-0.2, -0.15) is 0 Å². The molecular formula is C23H29NO5. The molecular weight excluding hydrogens is 370 g/mol. The van der Waals surface area contributed by atoms with E-state index in [1.807, 2.05) is 49.4 Å². The van der Waals surface area contributed by atoms with Gasteiger partial charge in [-0.05, 0) is 56.5 Å². The standard InChI is InChI=1S/C23H29NO5/c1-16-6-9-19(10-7-16)29-17(2)23(25)24-14-18-8-11-21(22(13-18)26-3)28-15-20-5-4-12-27-20/h6-11,13,17,20H,4-5,12,14-15H2,1-3H3,(H,24,25). The first kappa shape index (κ1) is 21.0. The average molecular weight is 399 g/mol. The lowest BCUT2D eigenvalue weighted by atomic mass is 10.2. The van der Waals surface area contributed by atoms with Crippen LogP contribution in [-0.2, 0) is 16.1 Å². The zero-order valence-electron chi connectivity index (χ0n) is 17.3. The van der Waals surface area contributed by atoms with Gasteiger partial charge in [0.25, 0.3) is 5.91 Å². The lowest BCUT2D eigenvalue weighted by Crippen LogP contribution is -2.35. The van der Waals surface area contributed by atoms with Gasteiger partial charge in [0.1, 0.15) is 12.4 Å². The summed E-state index contributed by atoms with van der Waals surface area (Å²) in [6.07, 6.45) is 1.66. The van der Waals surface area contributed by atoms with Crippen molar-refractivity contribution in [2.75, 3.05) is 20.3 Å². The van der Waals surface area contributed by atoms with E-state index in [9.17, 15) is 4.79 Å². The zero-order chi connectivity index (χ0) is 20.6. The zero-order valence-corrected chi connectivity index (χ0v) is 17.3. The van der Waals surface area contributed by atoms with E-state index >= 15 is 0 Å². The number of carbonyl (C=O) groups excluding carboxylic acids is 1. The number of nitrogens with one attached hydrogen (secondary N) is 1. The third-order valence-electron chi connectivity index (χ3n) is 4.85. The fraction of sp³-hybridized carbons (Fsp3) is 0.435. The molecule has 0 aromatic heterocycles. The van der Waals surface area contributed by atoms with Crippen molar-refractivity contribution >= 4 is 5.91 Å². The van der Waals surface area contributed by atoms with Crippen LogP contribution in [0, 0.1) is 6.92 Å². The molecule has 1 amide bonds. The fourth-order valence-corrected chi connectivity index (χ4v) is 3.11. The van der Waals surface area contributed by atoms with Crippen LogP contribution in [0.2, 0.25) is 0 Å². The lowest BCUT2D eigenvalue weighted by Gasteiger charge is -2.16. The van der Waals surface area contributed by atoms with Crippen LogP contribution in [0.15, 0.2) is 42.5 Å². The SMILES string of the molecule is COc1cc(CNC(=O)C(C)Oc2ccc(C)cc2)ccc1OCC1CCCO1. The predicted molar refractivity (Wildman–Crippen MR) is 111 cm³/mol. The molecule has 1 aliphatic rings. The Morgan fingerprint density at radius 1 is 1.21 bits per heavy atom. The Labute approximate surface area is 172 Å². The number of hydrogen-bond acceptors (Lipinski definition) is 5. The summed E-state index contributed by atoms with van der Waals surface area (Å²) in [4.78, 5) is 12.4. The van der Waals surface area contributed by atoms with Crippen molar-refractivity contribution in [1.29, 1.82) is 0 Å². The van der Waals surface area contributed by atoms with Crippen molar-refractivity contribution in [3.05, 3.63) is 53.6 Å². The fourth-order valence-electron chi connectivity index (χ4n) is 3.11. The van der Waals surface area contributed by atoms with E-state index in [2.05, 4.69) is 5.32 Å². The Morgan fingerprint density at radius 3 is 2.69 bits per heavy atom. The number of rotatable bonds is 9. The van der Waals surface area contributed by atoms with E-state index in [-0.39, 0.29) is 12.0 Å². The van der Waals surface area contributed by atoms with Crippen molar-refractivity contribution in [2.24, 2.45) is 0 Å². The molecule has 1 fully saturated rings. The molecule has 0 bridgehead atoms. The van der Waals surface area contributed by atoms with Crippen LogP contribution in [0.25, 0.3) is 0 Å². The molecule has 1 heterocycles. The molecule has 1 N–H and O–H groups in total. The first-order chi connectivity index (χ1) is 14.0. The monoisotopic (exact) mass is 399 g/mol. The summed E-state index contributed by atoms with van der Waals surface area (Å²) < 4.78 is 22.6. The normalized spacial score (nSPS) is 16.9. The van der Waals surface area contributed by atoms with Crippen molar-refractivity contribution < 1.29 is 23.7 Å². The molecule has 6 nitrogen and oxygen atoms in total. The van der Waals surface area contributed by atoms with E-state index in [0.29, 0.717) is 30.4 Å². The Morgan fingerprint density at radius 2 is 2.00 bits per heavy atom. The number of aryl methyl sites for hydroxylation is 1. The Balaban J connectivity index is 1.51. The smallest absolute Gasteiger partial charge is 0.261 e. The summed E-state index contributed by atoms with van der Waals surface area (Å²) in [7, 11) is 1.61. The first-order valence-corrected chi connectivity index (χ1v) is 9.97. The maximum absolute atomic E-state index is 12.4. The largest absolute Gasteiger partial charge is 0.493 e. The second-order valence-corrected chi connectivity index (χ2v) is 7.22. The number of hydrogen-bond donors (Lipinski definition) is 1. The van der Waals surface area contributed by atoms with E-state index in [0.717, 1.165) is 30.6 Å². The van der Waals surface area contributed by atoms with Gasteiger partial charge in [0.05, 0.1) is 13.2 Å². The predicted octanol–water partition coefficient (Wildman–Crippen LogP) is 3.65. The summed E-state index contributed by atoms with van der Waals surface area (Å²) in [6, 6.07) is 13.3. The van der Waals surface area contributed by atoms with Crippen molar-refractivity contribution in [1.82, 2.24) is 5.32 Å². The molecule has 0 aliphatic carbocycles. The van der Waals surface area contributed by atoms with Gasteiger partial charge in [-0.15, -0.1) is 0 Å². The van der Waals surface area contributed by atoms with E-state index in [4.69, 9.17) is 18.9 Å². The number of methoxy groups -OCH3 is 1. The van der Waals surface area contributed by atoms with Crippen molar-refractivity contribution in [2.45, 2.75) is 45.4 Å². The Hall–Kier alpha value is -2.73. The van der Waals surface area contributed by atoms with Gasteiger partial charge < -0.3 is 24.3 Å². The van der Waals surface area contributed by atoms with Crippen LogP contribution in [0.1, 0.15) is 30.9 Å². The minimum absolute atomic E-state index is 0.147. The molecule has 0 radical (unpaired) electrons. The maximum Gasteiger partial charge on any atom is 0.261 e. The molecule has 29 heavy (non-hydrogen) atoms. The third kappa shape index (κ3) is 6.12. The molecule has 0 spiro atoms. The molecule has 2 atom stereocenters. The lowest BCUT2D eigenvalue weighted by molar-refractivity contribution is -0.127. The first-order valence-electron chi connectivity index (χ1n) is 9.97. The van der Waals surface area contributed by atoms with Crippen molar-refractivity contribution in [3.8, 4) is 17.2 Å². The highest BCUT2D eigenvalue weighted by Gasteiger charge is 2.18. The topological polar surface area (TPSA) is 66.0 Å². The second kappa shape index (κ2) is 10.2. The molecule has 3 rings (SSSR count). The highest BCUT2D eigenvalue weighted by Crippen LogP contribution is 2.29. The van der Waals surface area contributed by atoms with E-state index < -0.39 is 6.10 Å². The summed E-state index contributed by atoms with van der Waals surface area (Å²) >= 11 is 0. The van der Waals surface area contributed by atoms with Crippen LogP contribution in [0.4, 0.5) is 0 Å². The third-order valence-corrected chi connectivity index (χ3v) is 4.85. The van der Waals surface area contributed by atoms with Gasteiger partial charge in [-0.25, -0.2) is 0 Å². The van der Waals surface area contributed by atoms with Gasteiger partial charge >= 0.3 is 0 Å². The molecule has 2 aromatic rings. The molecule has 2 unspecified atom stereocenters. The second-order valence-electron chi connectivity index (χ2n) is 7.22. The van der Waals surface area contributed by atoms with Gasteiger partial charge in [0.2, 0.25) is 0 Å². The van der Waals surface area contributed by atoms with Crippen LogP contribution in [0.3, 0.4) is 0 Å². The molecule has 2 aromatic carbocycles. The maximum atomic E-state index is 12.4. The Bertz CT molecular complexity index is 799. The minimum atomic E-state index is -0.589. The molecule has 156 valence electrons. The number of amides is 1. The molecule has 0 saturated carbocycles. The number of ether oxygens (including phenoxy) is 4. The molecule has 6 heteroatoms. The summed E-state index contributed by atoms with van der Waals surface area (Å²) in [6.45, 7) is 5.43. The van der Waals surface area contributed by atoms with Crippen LogP contribution in [0.5, 0.6) is 17.2 Å². The van der Waals surface area contributed by atoms with Gasteiger partial charge in [0, 0.05) is 13.2 Å². The van der Waals surface area contributed by atoms with E-state index in [1.54, 1.807) is 14.0 Å². The van der Waals surface area contributed by atoms with Gasteiger partial charge in [0.15, 0.2) is 17.6 Å². The minimum Gasteiger partial charge on any atom is -0.493 e. The Kier molecular flexibility index (Phi) is 7.36. The number of benzene rings is 2. The summed E-state index contributed by atoms with van der Waals surface area (Å²) in [5.41, 5.74) is 2.06. The molecule has 1 saturated heterocycles. The van der Waals surface area contributed by atoms with Crippen LogP contribution >= 0.6 is 0 Å². The molecule has 1 aliphatic heterocycles. The highest BCUT2D eigenvalue weighted by atomic mass is 16.5. The van der Waals surface area contributed by atoms with Gasteiger partial charge in [-0.3, -0.25) is 4.79 Å². The highest BCUT2D eigenvalue weighted by molar-refractivity contribution is 5.80. The quantitative estimate of drug-likeness (QED) is 0.697. The number of carbonyl (C=O) groups is 1. The van der Waals surface area contributed by atoms with Crippen LogP contribution in [-0.4, -0.2) is 38.4 Å². The van der Waals surface area contributed by atoms with E-state index in [1.165, 1.54) is 0 Å². The van der Waals surface area contributed by atoms with Gasteiger partial charge in [-0.1, -0.05) is 23.8 Å². The van der Waals surface area contributed by atoms with Crippen LogP contribution < -0.4 is 19.5 Å². The summed E-state index contributed by atoms with van der Waals surface area (Å²) in [5, 5.41) is 2.90.